The highest BCUT2D eigenvalue weighted by Crippen LogP contribution is 2.15. The minimum absolute atomic E-state index is 0.00224. The molecule has 1 N–H and O–H groups in total. The standard InChI is InChI=1S/C19H30N2O2/c1-7-16(18(23)20-19(4,5)6)21(17(22)8-2)13-15-11-9-10-14(3)12-15/h9-12,16H,7-8,13H2,1-6H3,(H,20,23)/t16-/m0/s1. The Bertz CT molecular complexity index is 547. The van der Waals surface area contributed by atoms with Crippen LogP contribution in [0.5, 0.6) is 0 Å². The Kier molecular flexibility index (Phi) is 6.79. The van der Waals surface area contributed by atoms with Gasteiger partial charge in [-0.15, -0.1) is 0 Å². The van der Waals surface area contributed by atoms with Gasteiger partial charge in [-0.3, -0.25) is 9.59 Å². The summed E-state index contributed by atoms with van der Waals surface area (Å²) in [5, 5.41) is 2.99. The molecule has 23 heavy (non-hydrogen) atoms. The molecule has 0 radical (unpaired) electrons. The first kappa shape index (κ1) is 19.2. The first-order valence-corrected chi connectivity index (χ1v) is 8.35. The van der Waals surface area contributed by atoms with Gasteiger partial charge in [-0.25, -0.2) is 0 Å². The number of carbonyl (C=O) groups is 2. The molecule has 1 rings (SSSR count). The van der Waals surface area contributed by atoms with E-state index < -0.39 is 6.04 Å². The maximum Gasteiger partial charge on any atom is 0.243 e. The van der Waals surface area contributed by atoms with Gasteiger partial charge < -0.3 is 10.2 Å². The zero-order valence-electron chi connectivity index (χ0n) is 15.3. The summed E-state index contributed by atoms with van der Waals surface area (Å²) in [5.74, 6) is -0.0862. The van der Waals surface area contributed by atoms with Crippen molar-refractivity contribution in [1.29, 1.82) is 0 Å². The minimum Gasteiger partial charge on any atom is -0.350 e. The molecular formula is C19H30N2O2. The highest BCUT2D eigenvalue weighted by Gasteiger charge is 2.29. The van der Waals surface area contributed by atoms with Gasteiger partial charge in [0.2, 0.25) is 11.8 Å². The molecule has 0 fully saturated rings. The lowest BCUT2D eigenvalue weighted by Crippen LogP contribution is -2.53. The summed E-state index contributed by atoms with van der Waals surface area (Å²) in [6.07, 6.45) is 0.991. The van der Waals surface area contributed by atoms with E-state index >= 15 is 0 Å². The molecule has 1 atom stereocenters. The SMILES string of the molecule is CCC(=O)N(Cc1cccc(C)c1)[C@@H](CC)C(=O)NC(C)(C)C. The molecule has 0 heterocycles. The van der Waals surface area contributed by atoms with Crippen LogP contribution in [0.4, 0.5) is 0 Å². The molecule has 128 valence electrons. The van der Waals surface area contributed by atoms with E-state index in [2.05, 4.69) is 11.4 Å². The predicted molar refractivity (Wildman–Crippen MR) is 94.0 cm³/mol. The fraction of sp³-hybridized carbons (Fsp3) is 0.579. The topological polar surface area (TPSA) is 49.4 Å². The van der Waals surface area contributed by atoms with Gasteiger partial charge in [-0.05, 0) is 39.7 Å². The zero-order valence-corrected chi connectivity index (χ0v) is 15.3. The lowest BCUT2D eigenvalue weighted by molar-refractivity contribution is -0.141. The summed E-state index contributed by atoms with van der Waals surface area (Å²) < 4.78 is 0. The average Bonchev–Trinajstić information content (AvgIpc) is 2.44. The van der Waals surface area contributed by atoms with E-state index in [1.165, 1.54) is 0 Å². The number of amides is 2. The summed E-state index contributed by atoms with van der Waals surface area (Å²) in [5.41, 5.74) is 1.89. The van der Waals surface area contributed by atoms with Gasteiger partial charge in [-0.2, -0.15) is 0 Å². The summed E-state index contributed by atoms with van der Waals surface area (Å²) in [6, 6.07) is 7.62. The van der Waals surface area contributed by atoms with Crippen LogP contribution in [0.3, 0.4) is 0 Å². The Morgan fingerprint density at radius 1 is 1.22 bits per heavy atom. The van der Waals surface area contributed by atoms with Crippen molar-refractivity contribution in [2.24, 2.45) is 0 Å². The van der Waals surface area contributed by atoms with Crippen molar-refractivity contribution < 1.29 is 9.59 Å². The summed E-state index contributed by atoms with van der Waals surface area (Å²) >= 11 is 0. The molecule has 0 spiro atoms. The van der Waals surface area contributed by atoms with Gasteiger partial charge in [0.15, 0.2) is 0 Å². The number of carbonyl (C=O) groups excluding carboxylic acids is 2. The summed E-state index contributed by atoms with van der Waals surface area (Å²) in [7, 11) is 0. The Hall–Kier alpha value is -1.84. The maximum atomic E-state index is 12.6. The second-order valence-electron chi connectivity index (χ2n) is 7.03. The lowest BCUT2D eigenvalue weighted by atomic mass is 10.0. The van der Waals surface area contributed by atoms with Gasteiger partial charge >= 0.3 is 0 Å². The number of nitrogens with one attached hydrogen (secondary N) is 1. The van der Waals surface area contributed by atoms with E-state index in [9.17, 15) is 9.59 Å². The van der Waals surface area contributed by atoms with Crippen LogP contribution in [-0.4, -0.2) is 28.3 Å². The van der Waals surface area contributed by atoms with Crippen LogP contribution in [0.15, 0.2) is 24.3 Å². The molecule has 1 aromatic carbocycles. The van der Waals surface area contributed by atoms with Crippen molar-refractivity contribution in [3.05, 3.63) is 35.4 Å². The van der Waals surface area contributed by atoms with Crippen LogP contribution in [0.1, 0.15) is 58.6 Å². The van der Waals surface area contributed by atoms with Crippen LogP contribution < -0.4 is 5.32 Å². The van der Waals surface area contributed by atoms with Crippen molar-refractivity contribution in [2.45, 2.75) is 72.5 Å². The van der Waals surface area contributed by atoms with Gasteiger partial charge in [0.05, 0.1) is 0 Å². The van der Waals surface area contributed by atoms with E-state index in [1.54, 1.807) is 4.90 Å². The molecule has 0 aliphatic heterocycles. The third-order valence-corrected chi connectivity index (χ3v) is 3.62. The summed E-state index contributed by atoms with van der Waals surface area (Å²) in [6.45, 7) is 12.1. The fourth-order valence-electron chi connectivity index (χ4n) is 2.58. The second-order valence-corrected chi connectivity index (χ2v) is 7.03. The zero-order chi connectivity index (χ0) is 17.6. The molecular weight excluding hydrogens is 288 g/mol. The predicted octanol–water partition coefficient (Wildman–Crippen LogP) is 3.43. The molecule has 0 aromatic heterocycles. The minimum atomic E-state index is -0.442. The van der Waals surface area contributed by atoms with E-state index in [1.807, 2.05) is 59.7 Å². The monoisotopic (exact) mass is 318 g/mol. The van der Waals surface area contributed by atoms with Gasteiger partial charge in [0.1, 0.15) is 6.04 Å². The number of nitrogens with zero attached hydrogens (tertiary/aromatic N) is 1. The normalized spacial score (nSPS) is 12.6. The molecule has 0 unspecified atom stereocenters. The average molecular weight is 318 g/mol. The Morgan fingerprint density at radius 3 is 2.35 bits per heavy atom. The third-order valence-electron chi connectivity index (χ3n) is 3.62. The molecule has 0 saturated heterocycles. The van der Waals surface area contributed by atoms with Crippen molar-refractivity contribution in [3.8, 4) is 0 Å². The van der Waals surface area contributed by atoms with E-state index in [4.69, 9.17) is 0 Å². The van der Waals surface area contributed by atoms with E-state index in [0.717, 1.165) is 11.1 Å². The van der Waals surface area contributed by atoms with Crippen molar-refractivity contribution >= 4 is 11.8 Å². The Morgan fingerprint density at radius 2 is 1.87 bits per heavy atom. The third kappa shape index (κ3) is 6.05. The number of rotatable bonds is 6. The largest absolute Gasteiger partial charge is 0.350 e. The van der Waals surface area contributed by atoms with E-state index in [0.29, 0.717) is 19.4 Å². The highest BCUT2D eigenvalue weighted by molar-refractivity contribution is 5.87. The number of hydrogen-bond acceptors (Lipinski definition) is 2. The number of aryl methyl sites for hydroxylation is 1. The van der Waals surface area contributed by atoms with Gasteiger partial charge in [0, 0.05) is 18.5 Å². The van der Waals surface area contributed by atoms with Crippen LogP contribution >= 0.6 is 0 Å². The van der Waals surface area contributed by atoms with Crippen LogP contribution in [0.2, 0.25) is 0 Å². The van der Waals surface area contributed by atoms with Gasteiger partial charge in [-0.1, -0.05) is 43.7 Å². The number of benzene rings is 1. The second kappa shape index (κ2) is 8.14. The Balaban J connectivity index is 3.03. The van der Waals surface area contributed by atoms with Crippen molar-refractivity contribution in [1.82, 2.24) is 10.2 Å². The fourth-order valence-corrected chi connectivity index (χ4v) is 2.58. The first-order chi connectivity index (χ1) is 10.7. The number of hydrogen-bond donors (Lipinski definition) is 1. The van der Waals surface area contributed by atoms with Gasteiger partial charge in [0.25, 0.3) is 0 Å². The molecule has 4 heteroatoms. The highest BCUT2D eigenvalue weighted by atomic mass is 16.2. The molecule has 4 nitrogen and oxygen atoms in total. The molecule has 0 saturated carbocycles. The first-order valence-electron chi connectivity index (χ1n) is 8.35. The van der Waals surface area contributed by atoms with Crippen molar-refractivity contribution in [3.63, 3.8) is 0 Å². The van der Waals surface area contributed by atoms with Crippen LogP contribution in [-0.2, 0) is 16.1 Å². The lowest BCUT2D eigenvalue weighted by Gasteiger charge is -2.33. The van der Waals surface area contributed by atoms with Crippen LogP contribution in [0, 0.1) is 6.92 Å². The molecule has 2 amide bonds. The van der Waals surface area contributed by atoms with Crippen molar-refractivity contribution in [2.75, 3.05) is 0 Å². The molecule has 0 bridgehead atoms. The maximum absolute atomic E-state index is 12.6. The summed E-state index contributed by atoms with van der Waals surface area (Å²) in [4.78, 5) is 26.7. The van der Waals surface area contributed by atoms with E-state index in [-0.39, 0.29) is 17.4 Å². The Labute approximate surface area is 140 Å². The molecule has 0 aliphatic carbocycles. The quantitative estimate of drug-likeness (QED) is 0.873. The molecule has 0 aliphatic rings. The molecule has 1 aromatic rings. The smallest absolute Gasteiger partial charge is 0.243 e. The van der Waals surface area contributed by atoms with Crippen LogP contribution in [0.25, 0.3) is 0 Å².